The fraction of sp³-hybridized carbons (Fsp3) is 0.524. The smallest absolute Gasteiger partial charge is 0.405 e. The highest BCUT2D eigenvalue weighted by molar-refractivity contribution is 6.74. The molecule has 0 aliphatic rings. The average molecular weight is 421 g/mol. The van der Waals surface area contributed by atoms with E-state index >= 15 is 0 Å². The molecule has 0 radical (unpaired) electrons. The van der Waals surface area contributed by atoms with Gasteiger partial charge in [-0.1, -0.05) is 44.0 Å². The summed E-state index contributed by atoms with van der Waals surface area (Å²) in [7, 11) is -0.266. The normalized spacial score (nSPS) is 13.2. The number of nitrogens with one attached hydrogen (secondary N) is 1. The molecule has 1 aromatic rings. The molecule has 1 amide bonds. The van der Waals surface area contributed by atoms with Crippen LogP contribution in [0.15, 0.2) is 29.4 Å². The van der Waals surface area contributed by atoms with Crippen molar-refractivity contribution >= 4 is 20.1 Å². The maximum atomic E-state index is 11.2. The Kier molecular flexibility index (Phi) is 9.21. The molecule has 0 unspecified atom stereocenters. The molecule has 0 spiro atoms. The van der Waals surface area contributed by atoms with Gasteiger partial charge in [0.1, 0.15) is 5.75 Å². The summed E-state index contributed by atoms with van der Waals surface area (Å²) in [6, 6.07) is 6.45. The second kappa shape index (κ2) is 10.9. The maximum Gasteiger partial charge on any atom is 0.405 e. The molecular formula is C21H32N2O5Si. The lowest BCUT2D eigenvalue weighted by atomic mass is 10.0. The summed E-state index contributed by atoms with van der Waals surface area (Å²) in [6.45, 7) is 11.3. The van der Waals surface area contributed by atoms with Gasteiger partial charge in [0.05, 0.1) is 13.2 Å². The van der Waals surface area contributed by atoms with Crippen molar-refractivity contribution in [2.45, 2.75) is 57.8 Å². The van der Waals surface area contributed by atoms with Gasteiger partial charge in [0.2, 0.25) is 0 Å². The molecule has 0 aromatic heterocycles. The summed E-state index contributed by atoms with van der Waals surface area (Å²) in [6.07, 6.45) is -0.452. The van der Waals surface area contributed by atoms with E-state index in [1.807, 2.05) is 12.1 Å². The molecule has 160 valence electrons. The van der Waals surface area contributed by atoms with Crippen LogP contribution in [0.3, 0.4) is 0 Å². The first kappa shape index (κ1) is 24.5. The molecule has 3 N–H and O–H groups in total. The summed E-state index contributed by atoms with van der Waals surface area (Å²) in [5, 5.41) is 24.2. The van der Waals surface area contributed by atoms with Crippen molar-refractivity contribution < 1.29 is 24.3 Å². The number of nitrogens with zero attached hydrogens (tertiary/aromatic N) is 1. The first-order chi connectivity index (χ1) is 13.5. The largest absolute Gasteiger partial charge is 0.497 e. The maximum absolute atomic E-state index is 11.2. The molecule has 0 fully saturated rings. The van der Waals surface area contributed by atoms with Crippen LogP contribution in [0.4, 0.5) is 4.79 Å². The zero-order valence-corrected chi connectivity index (χ0v) is 19.1. The Labute approximate surface area is 174 Å². The molecule has 1 atom stereocenters. The highest BCUT2D eigenvalue weighted by Gasteiger charge is 2.36. The number of hydrogen-bond donors (Lipinski definition) is 3. The van der Waals surface area contributed by atoms with E-state index in [2.05, 4.69) is 56.2 Å². The van der Waals surface area contributed by atoms with Gasteiger partial charge in [0.15, 0.2) is 14.0 Å². The van der Waals surface area contributed by atoms with Crippen molar-refractivity contribution in [3.8, 4) is 17.6 Å². The molecule has 0 bridgehead atoms. The van der Waals surface area contributed by atoms with Crippen LogP contribution in [0.2, 0.25) is 18.1 Å². The predicted octanol–water partition coefficient (Wildman–Crippen LogP) is 4.12. The number of carbonyl (C=O) groups is 1. The Hall–Kier alpha value is -2.50. The van der Waals surface area contributed by atoms with E-state index in [1.54, 1.807) is 19.2 Å². The molecule has 29 heavy (non-hydrogen) atoms. The third-order valence-electron chi connectivity index (χ3n) is 5.05. The molecule has 0 saturated heterocycles. The molecule has 0 aliphatic heterocycles. The SMILES string of the molecule is COc1ccc(C[C@H](NC(=O)O)/C(C#CCCO[Si](C)(C)C(C)(C)C)=N\O)cc1. The third-order valence-corrected chi connectivity index (χ3v) is 9.59. The van der Waals surface area contributed by atoms with Gasteiger partial charge in [0, 0.05) is 13.0 Å². The minimum atomic E-state index is -1.84. The zero-order chi connectivity index (χ0) is 22.1. The van der Waals surface area contributed by atoms with Gasteiger partial charge in [-0.15, -0.1) is 0 Å². The fourth-order valence-electron chi connectivity index (χ4n) is 2.27. The van der Waals surface area contributed by atoms with Crippen LogP contribution in [0.5, 0.6) is 5.75 Å². The Morgan fingerprint density at radius 1 is 1.28 bits per heavy atom. The van der Waals surface area contributed by atoms with E-state index < -0.39 is 20.5 Å². The van der Waals surface area contributed by atoms with Crippen LogP contribution in [0, 0.1) is 11.8 Å². The number of rotatable bonds is 8. The Bertz CT molecular complexity index is 758. The molecule has 0 heterocycles. The second-order valence-electron chi connectivity index (χ2n) is 8.20. The summed E-state index contributed by atoms with van der Waals surface area (Å²) in [5.74, 6) is 6.40. The molecule has 1 aromatic carbocycles. The van der Waals surface area contributed by atoms with Gasteiger partial charge in [-0.3, -0.25) is 0 Å². The Balaban J connectivity index is 2.79. The van der Waals surface area contributed by atoms with Crippen molar-refractivity contribution in [1.82, 2.24) is 5.32 Å². The standard InChI is InChI=1S/C21H32N2O5Si/c1-21(2,3)29(5,6)28-14-8-7-9-18(23-26)19(22-20(24)25)15-16-10-12-17(27-4)13-11-16/h10-13,19,22,26H,8,14-15H2,1-6H3,(H,24,25)/b23-18-/t19-/m0/s1. The fourth-order valence-corrected chi connectivity index (χ4v) is 3.32. The third kappa shape index (κ3) is 8.17. The van der Waals surface area contributed by atoms with Crippen molar-refractivity contribution in [1.29, 1.82) is 0 Å². The van der Waals surface area contributed by atoms with E-state index in [0.717, 1.165) is 5.56 Å². The van der Waals surface area contributed by atoms with Gasteiger partial charge >= 0.3 is 6.09 Å². The number of hydrogen-bond acceptors (Lipinski definition) is 5. The topological polar surface area (TPSA) is 100 Å². The van der Waals surface area contributed by atoms with Crippen LogP contribution < -0.4 is 10.1 Å². The van der Waals surface area contributed by atoms with E-state index in [0.29, 0.717) is 25.2 Å². The van der Waals surface area contributed by atoms with Crippen LogP contribution in [0.1, 0.15) is 32.8 Å². The van der Waals surface area contributed by atoms with E-state index in [9.17, 15) is 10.0 Å². The number of carboxylic acid groups (broad SMARTS) is 1. The van der Waals surface area contributed by atoms with Crippen molar-refractivity contribution in [2.24, 2.45) is 5.16 Å². The van der Waals surface area contributed by atoms with Gasteiger partial charge < -0.3 is 24.8 Å². The van der Waals surface area contributed by atoms with Crippen LogP contribution in [-0.2, 0) is 10.8 Å². The average Bonchev–Trinajstić information content (AvgIpc) is 2.63. The summed E-state index contributed by atoms with van der Waals surface area (Å²) in [4.78, 5) is 11.2. The summed E-state index contributed by atoms with van der Waals surface area (Å²) >= 11 is 0. The first-order valence-corrected chi connectivity index (χ1v) is 12.4. The highest BCUT2D eigenvalue weighted by Crippen LogP contribution is 2.36. The number of methoxy groups -OCH3 is 1. The molecule has 7 nitrogen and oxygen atoms in total. The van der Waals surface area contributed by atoms with E-state index in [1.165, 1.54) is 0 Å². The predicted molar refractivity (Wildman–Crippen MR) is 116 cm³/mol. The van der Waals surface area contributed by atoms with Crippen LogP contribution >= 0.6 is 0 Å². The molecular weight excluding hydrogens is 388 g/mol. The lowest BCUT2D eigenvalue weighted by Gasteiger charge is -2.35. The van der Waals surface area contributed by atoms with Crippen molar-refractivity contribution in [2.75, 3.05) is 13.7 Å². The first-order valence-electron chi connectivity index (χ1n) is 9.47. The number of amides is 1. The number of ether oxygens (including phenoxy) is 1. The van der Waals surface area contributed by atoms with Gasteiger partial charge in [-0.05, 0) is 48.2 Å². The van der Waals surface area contributed by atoms with Gasteiger partial charge in [0.25, 0.3) is 0 Å². The lowest BCUT2D eigenvalue weighted by molar-refractivity contribution is 0.192. The Morgan fingerprint density at radius 3 is 2.38 bits per heavy atom. The molecule has 0 aliphatic carbocycles. The summed E-state index contributed by atoms with van der Waals surface area (Å²) < 4.78 is 11.2. The summed E-state index contributed by atoms with van der Waals surface area (Å²) in [5.41, 5.74) is 0.921. The van der Waals surface area contributed by atoms with Crippen molar-refractivity contribution in [3.05, 3.63) is 29.8 Å². The minimum Gasteiger partial charge on any atom is -0.497 e. The molecule has 0 saturated carbocycles. The van der Waals surface area contributed by atoms with E-state index in [-0.39, 0.29) is 10.7 Å². The molecule has 1 rings (SSSR count). The number of oxime groups is 1. The zero-order valence-electron chi connectivity index (χ0n) is 18.1. The second-order valence-corrected chi connectivity index (χ2v) is 13.0. The van der Waals surface area contributed by atoms with Gasteiger partial charge in [-0.25, -0.2) is 4.79 Å². The van der Waals surface area contributed by atoms with Crippen LogP contribution in [-0.4, -0.2) is 50.2 Å². The monoisotopic (exact) mass is 420 g/mol. The van der Waals surface area contributed by atoms with Crippen molar-refractivity contribution in [3.63, 3.8) is 0 Å². The molecule has 8 heteroatoms. The Morgan fingerprint density at radius 2 is 1.90 bits per heavy atom. The van der Waals surface area contributed by atoms with Gasteiger partial charge in [-0.2, -0.15) is 0 Å². The quantitative estimate of drug-likeness (QED) is 0.147. The highest BCUT2D eigenvalue weighted by atomic mass is 28.4. The van der Waals surface area contributed by atoms with E-state index in [4.69, 9.17) is 14.3 Å². The lowest BCUT2D eigenvalue weighted by Crippen LogP contribution is -2.41. The minimum absolute atomic E-state index is 0.0653. The van der Waals surface area contributed by atoms with Crippen LogP contribution in [0.25, 0.3) is 0 Å². The number of benzene rings is 1.